The maximum atomic E-state index is 12.2. The molecule has 13 heteroatoms. The number of anilines is 1. The standard InChI is InChI=1S/C19H16N4O7S2/c1-20-32(28,29)15-7-3-5-13(9-15)18(25)30-10-17(24)22-19-21-16(11-31-19)12-4-2-6-14(8-12)23(26)27/h2-9,11,20H,10H2,1H3,(H,21,22,24). The van der Waals surface area contributed by atoms with Crippen LogP contribution in [0.3, 0.4) is 0 Å². The molecular formula is C19H16N4O7S2. The van der Waals surface area contributed by atoms with E-state index in [1.807, 2.05) is 0 Å². The van der Waals surface area contributed by atoms with E-state index in [0.717, 1.165) is 17.4 Å². The van der Waals surface area contributed by atoms with E-state index < -0.39 is 33.4 Å². The number of thiazole rings is 1. The van der Waals surface area contributed by atoms with E-state index in [4.69, 9.17) is 4.74 Å². The van der Waals surface area contributed by atoms with Gasteiger partial charge < -0.3 is 4.74 Å². The number of ether oxygens (including phenoxy) is 1. The van der Waals surface area contributed by atoms with Crippen LogP contribution >= 0.6 is 11.3 Å². The molecule has 0 aliphatic rings. The van der Waals surface area contributed by atoms with E-state index in [0.29, 0.717) is 11.3 Å². The molecule has 1 heterocycles. The number of nitro benzene ring substituents is 1. The first-order valence-corrected chi connectivity index (χ1v) is 11.3. The van der Waals surface area contributed by atoms with Gasteiger partial charge in [-0.1, -0.05) is 18.2 Å². The molecule has 0 radical (unpaired) electrons. The number of rotatable bonds is 8. The van der Waals surface area contributed by atoms with Gasteiger partial charge in [-0.3, -0.25) is 20.2 Å². The average Bonchev–Trinajstić information content (AvgIpc) is 3.26. The van der Waals surface area contributed by atoms with Gasteiger partial charge >= 0.3 is 5.97 Å². The summed E-state index contributed by atoms with van der Waals surface area (Å²) in [6.07, 6.45) is 0. The van der Waals surface area contributed by atoms with Gasteiger partial charge in [0.05, 0.1) is 21.1 Å². The van der Waals surface area contributed by atoms with E-state index in [2.05, 4.69) is 15.0 Å². The minimum Gasteiger partial charge on any atom is -0.452 e. The summed E-state index contributed by atoms with van der Waals surface area (Å²) in [5.41, 5.74) is 0.836. The highest BCUT2D eigenvalue weighted by Gasteiger charge is 2.17. The molecule has 1 amide bonds. The molecule has 0 aliphatic carbocycles. The molecule has 0 unspecified atom stereocenters. The quantitative estimate of drug-likeness (QED) is 0.285. The Kier molecular flexibility index (Phi) is 6.92. The summed E-state index contributed by atoms with van der Waals surface area (Å²) in [5.74, 6) is -1.53. The molecule has 0 atom stereocenters. The number of hydrogen-bond donors (Lipinski definition) is 2. The van der Waals surface area contributed by atoms with E-state index in [-0.39, 0.29) is 21.3 Å². The zero-order valence-corrected chi connectivity index (χ0v) is 18.1. The molecule has 0 aliphatic heterocycles. The smallest absolute Gasteiger partial charge is 0.338 e. The van der Waals surface area contributed by atoms with Crippen molar-refractivity contribution in [1.82, 2.24) is 9.71 Å². The third-order valence-corrected chi connectivity index (χ3v) is 6.26. The number of sulfonamides is 1. The molecule has 0 bridgehead atoms. The van der Waals surface area contributed by atoms with Crippen LogP contribution in [0.2, 0.25) is 0 Å². The Hall–Kier alpha value is -3.68. The van der Waals surface area contributed by atoms with Gasteiger partial charge in [-0.05, 0) is 25.2 Å². The van der Waals surface area contributed by atoms with Crippen LogP contribution in [0.1, 0.15) is 10.4 Å². The van der Waals surface area contributed by atoms with Crippen molar-refractivity contribution in [2.75, 3.05) is 19.0 Å². The fraction of sp³-hybridized carbons (Fsp3) is 0.105. The molecule has 32 heavy (non-hydrogen) atoms. The Bertz CT molecular complexity index is 1290. The van der Waals surface area contributed by atoms with Crippen molar-refractivity contribution in [3.63, 3.8) is 0 Å². The predicted octanol–water partition coefficient (Wildman–Crippen LogP) is 2.42. The lowest BCUT2D eigenvalue weighted by molar-refractivity contribution is -0.384. The number of carbonyl (C=O) groups is 2. The maximum absolute atomic E-state index is 12.2. The van der Waals surface area contributed by atoms with Gasteiger partial charge in [0.1, 0.15) is 0 Å². The normalized spacial score (nSPS) is 11.0. The van der Waals surface area contributed by atoms with Crippen LogP contribution in [0.15, 0.2) is 58.8 Å². The first-order valence-electron chi connectivity index (χ1n) is 8.90. The molecule has 2 aromatic carbocycles. The van der Waals surface area contributed by atoms with Crippen LogP contribution in [0.25, 0.3) is 11.3 Å². The number of esters is 1. The van der Waals surface area contributed by atoms with Gasteiger partial charge in [0.15, 0.2) is 11.7 Å². The first kappa shape index (κ1) is 23.0. The van der Waals surface area contributed by atoms with Gasteiger partial charge in [-0.25, -0.2) is 22.9 Å². The number of nitrogens with one attached hydrogen (secondary N) is 2. The molecule has 2 N–H and O–H groups in total. The molecular weight excluding hydrogens is 460 g/mol. The van der Waals surface area contributed by atoms with Gasteiger partial charge in [-0.15, -0.1) is 11.3 Å². The zero-order chi connectivity index (χ0) is 23.3. The largest absolute Gasteiger partial charge is 0.452 e. The second-order valence-electron chi connectivity index (χ2n) is 6.21. The van der Waals surface area contributed by atoms with Crippen LogP contribution in [0.5, 0.6) is 0 Å². The number of hydrogen-bond acceptors (Lipinski definition) is 9. The van der Waals surface area contributed by atoms with Crippen LogP contribution < -0.4 is 10.0 Å². The van der Waals surface area contributed by atoms with Crippen LogP contribution in [-0.2, 0) is 19.6 Å². The molecule has 11 nitrogen and oxygen atoms in total. The molecule has 0 spiro atoms. The monoisotopic (exact) mass is 476 g/mol. The number of amides is 1. The lowest BCUT2D eigenvalue weighted by Crippen LogP contribution is -2.21. The Morgan fingerprint density at radius 2 is 1.94 bits per heavy atom. The van der Waals surface area contributed by atoms with Crippen molar-refractivity contribution < 1.29 is 27.7 Å². The minimum absolute atomic E-state index is 0.0312. The minimum atomic E-state index is -3.74. The van der Waals surface area contributed by atoms with E-state index in [1.54, 1.807) is 11.4 Å². The van der Waals surface area contributed by atoms with Crippen molar-refractivity contribution >= 4 is 44.1 Å². The zero-order valence-electron chi connectivity index (χ0n) is 16.5. The lowest BCUT2D eigenvalue weighted by Gasteiger charge is -2.07. The number of nitrogens with zero attached hydrogens (tertiary/aromatic N) is 2. The molecule has 1 aromatic heterocycles. The SMILES string of the molecule is CNS(=O)(=O)c1cccc(C(=O)OCC(=O)Nc2nc(-c3cccc([N+](=O)[O-])c3)cs2)c1. The van der Waals surface area contributed by atoms with Gasteiger partial charge in [0.2, 0.25) is 10.0 Å². The highest BCUT2D eigenvalue weighted by atomic mass is 32.2. The van der Waals surface area contributed by atoms with Gasteiger partial charge in [-0.2, -0.15) is 0 Å². The summed E-state index contributed by atoms with van der Waals surface area (Å²) in [4.78, 5) is 38.7. The Morgan fingerprint density at radius 3 is 2.66 bits per heavy atom. The summed E-state index contributed by atoms with van der Waals surface area (Å²) < 4.78 is 30.7. The number of benzene rings is 2. The summed E-state index contributed by atoms with van der Waals surface area (Å²) in [6.45, 7) is -0.617. The number of carbonyl (C=O) groups excluding carboxylic acids is 2. The van der Waals surface area contributed by atoms with Crippen molar-refractivity contribution in [2.24, 2.45) is 0 Å². The molecule has 0 saturated carbocycles. The number of nitro groups is 1. The highest BCUT2D eigenvalue weighted by molar-refractivity contribution is 7.89. The predicted molar refractivity (Wildman–Crippen MR) is 116 cm³/mol. The highest BCUT2D eigenvalue weighted by Crippen LogP contribution is 2.27. The van der Waals surface area contributed by atoms with Crippen molar-refractivity contribution in [3.05, 3.63) is 69.6 Å². The fourth-order valence-electron chi connectivity index (χ4n) is 2.52. The van der Waals surface area contributed by atoms with Crippen LogP contribution in [-0.4, -0.2) is 43.9 Å². The summed E-state index contributed by atoms with van der Waals surface area (Å²) in [7, 11) is -2.49. The summed E-state index contributed by atoms with van der Waals surface area (Å²) in [6, 6.07) is 11.1. The van der Waals surface area contributed by atoms with Crippen molar-refractivity contribution in [3.8, 4) is 11.3 Å². The molecule has 3 aromatic rings. The third kappa shape index (κ3) is 5.51. The lowest BCUT2D eigenvalue weighted by atomic mass is 10.1. The Labute approximate surface area is 186 Å². The molecule has 166 valence electrons. The van der Waals surface area contributed by atoms with Crippen molar-refractivity contribution in [1.29, 1.82) is 0 Å². The maximum Gasteiger partial charge on any atom is 0.338 e. The molecule has 3 rings (SSSR count). The second kappa shape index (κ2) is 9.64. The van der Waals surface area contributed by atoms with E-state index in [1.165, 1.54) is 43.4 Å². The van der Waals surface area contributed by atoms with Crippen LogP contribution in [0, 0.1) is 10.1 Å². The summed E-state index contributed by atoms with van der Waals surface area (Å²) >= 11 is 1.10. The number of aromatic nitrogens is 1. The Morgan fingerprint density at radius 1 is 1.19 bits per heavy atom. The van der Waals surface area contributed by atoms with Crippen molar-refractivity contribution in [2.45, 2.75) is 4.90 Å². The summed E-state index contributed by atoms with van der Waals surface area (Å²) in [5, 5.41) is 15.2. The average molecular weight is 476 g/mol. The molecule has 0 fully saturated rings. The van der Waals surface area contributed by atoms with Gasteiger partial charge in [0.25, 0.3) is 11.6 Å². The second-order valence-corrected chi connectivity index (χ2v) is 8.95. The topological polar surface area (TPSA) is 158 Å². The van der Waals surface area contributed by atoms with Gasteiger partial charge in [0, 0.05) is 23.1 Å². The van der Waals surface area contributed by atoms with E-state index in [9.17, 15) is 28.1 Å². The molecule has 0 saturated heterocycles. The van der Waals surface area contributed by atoms with E-state index >= 15 is 0 Å². The Balaban J connectivity index is 1.60. The fourth-order valence-corrected chi connectivity index (χ4v) is 4.03. The first-order chi connectivity index (χ1) is 15.2. The van der Waals surface area contributed by atoms with Crippen LogP contribution in [0.4, 0.5) is 10.8 Å². The number of non-ortho nitro benzene ring substituents is 1. The third-order valence-electron chi connectivity index (χ3n) is 4.09.